The molecule has 0 aromatic rings. The molecule has 0 N–H and O–H groups in total. The highest BCUT2D eigenvalue weighted by atomic mass is 16.3. The molecule has 2 heterocycles. The molecular formula is C24H40N2O. The van der Waals surface area contributed by atoms with Crippen molar-refractivity contribution in [2.45, 2.75) is 72.3 Å². The van der Waals surface area contributed by atoms with E-state index in [2.05, 4.69) is 45.0 Å². The largest absolute Gasteiger partial charge is 0.859 e. The molecule has 2 aliphatic heterocycles. The van der Waals surface area contributed by atoms with Crippen LogP contribution in [0.4, 0.5) is 0 Å². The fourth-order valence-electron chi connectivity index (χ4n) is 4.71. The smallest absolute Gasteiger partial charge is 0.0936 e. The lowest BCUT2D eigenvalue weighted by atomic mass is 9.92. The summed E-state index contributed by atoms with van der Waals surface area (Å²) < 4.78 is 1.22. The quantitative estimate of drug-likeness (QED) is 0.201. The number of allylic oxidation sites excluding steroid dienone is 5. The first-order valence-electron chi connectivity index (χ1n) is 10.9. The summed E-state index contributed by atoms with van der Waals surface area (Å²) in [5, 5.41) is 12.4. The Morgan fingerprint density at radius 2 is 1.96 bits per heavy atom. The molecule has 0 aliphatic carbocycles. The van der Waals surface area contributed by atoms with Gasteiger partial charge in [-0.15, -0.1) is 0 Å². The van der Waals surface area contributed by atoms with Crippen LogP contribution in [0.1, 0.15) is 66.2 Å². The molecule has 0 spiro atoms. The van der Waals surface area contributed by atoms with Crippen LogP contribution in [-0.2, 0) is 0 Å². The number of nitrogens with zero attached hydrogens (tertiary/aromatic N) is 2. The molecule has 0 aromatic carbocycles. The van der Waals surface area contributed by atoms with E-state index in [9.17, 15) is 5.11 Å². The van der Waals surface area contributed by atoms with E-state index in [-0.39, 0.29) is 5.90 Å². The summed E-state index contributed by atoms with van der Waals surface area (Å²) in [4.78, 5) is 4.44. The number of hydrogen-bond donors (Lipinski definition) is 0. The van der Waals surface area contributed by atoms with Crippen LogP contribution in [0.3, 0.4) is 0 Å². The first-order valence-corrected chi connectivity index (χ1v) is 10.9. The van der Waals surface area contributed by atoms with Gasteiger partial charge in [0, 0.05) is 25.3 Å². The zero-order valence-corrected chi connectivity index (χ0v) is 18.2. The molecule has 2 fully saturated rings. The standard InChI is InChI=1S/C24H40N2O/c1-19(2)10-8-11-20(3)12-9-13-21(4)24(27)25-18-22-15-17-26(5)16-7-6-14-23(22)26/h9-10,12-13,20,22-23H,6-8,11,14-18H2,1-5H3/b12-9+,21-13+/t20-,22+,23-,26?/m1/s1. The molecule has 0 amide bonds. The van der Waals surface area contributed by atoms with Gasteiger partial charge in [0.15, 0.2) is 0 Å². The van der Waals surface area contributed by atoms with Crippen LogP contribution >= 0.6 is 0 Å². The molecule has 0 bridgehead atoms. The van der Waals surface area contributed by atoms with Crippen molar-refractivity contribution >= 4 is 5.90 Å². The third kappa shape index (κ3) is 6.64. The van der Waals surface area contributed by atoms with E-state index in [1.54, 1.807) is 0 Å². The molecule has 0 saturated carbocycles. The molecule has 4 atom stereocenters. The lowest BCUT2D eigenvalue weighted by molar-refractivity contribution is -0.927. The number of rotatable bonds is 8. The summed E-state index contributed by atoms with van der Waals surface area (Å²) in [6.45, 7) is 11.7. The van der Waals surface area contributed by atoms with Gasteiger partial charge < -0.3 is 14.6 Å². The lowest BCUT2D eigenvalue weighted by Crippen LogP contribution is -2.52. The third-order valence-electron chi connectivity index (χ3n) is 6.54. The minimum atomic E-state index is -0.0336. The van der Waals surface area contributed by atoms with E-state index >= 15 is 0 Å². The zero-order chi connectivity index (χ0) is 19.9. The average molecular weight is 373 g/mol. The van der Waals surface area contributed by atoms with Crippen molar-refractivity contribution in [3.05, 3.63) is 35.5 Å². The van der Waals surface area contributed by atoms with Crippen LogP contribution < -0.4 is 5.11 Å². The second kappa shape index (κ2) is 10.3. The molecule has 3 nitrogen and oxygen atoms in total. The summed E-state index contributed by atoms with van der Waals surface area (Å²) in [5.41, 5.74) is 2.13. The number of piperidine rings is 1. The first kappa shape index (κ1) is 21.9. The van der Waals surface area contributed by atoms with E-state index in [4.69, 9.17) is 0 Å². The maximum absolute atomic E-state index is 12.4. The van der Waals surface area contributed by atoms with E-state index in [1.807, 2.05) is 19.1 Å². The van der Waals surface area contributed by atoms with Gasteiger partial charge in [-0.25, -0.2) is 0 Å². The topological polar surface area (TPSA) is 35.4 Å². The van der Waals surface area contributed by atoms with Crippen LogP contribution in [-0.4, -0.2) is 43.1 Å². The van der Waals surface area contributed by atoms with Crippen molar-refractivity contribution in [1.29, 1.82) is 0 Å². The van der Waals surface area contributed by atoms with Gasteiger partial charge in [-0.2, -0.15) is 0 Å². The summed E-state index contributed by atoms with van der Waals surface area (Å²) in [5.74, 6) is 1.09. The SMILES string of the molecule is CC(C)=CCC[C@@H](C)/C=C/C=C(\C)C([O-])=NC[C@@H]1CC[N+]2(C)CCCC[C@H]12. The molecule has 152 valence electrons. The van der Waals surface area contributed by atoms with E-state index < -0.39 is 0 Å². The summed E-state index contributed by atoms with van der Waals surface area (Å²) in [6.07, 6.45) is 15.9. The van der Waals surface area contributed by atoms with Crippen LogP contribution in [0.2, 0.25) is 0 Å². The van der Waals surface area contributed by atoms with Crippen molar-refractivity contribution in [3.63, 3.8) is 0 Å². The number of aliphatic imine (C=N–C) groups is 1. The highest BCUT2D eigenvalue weighted by Gasteiger charge is 2.46. The Hall–Kier alpha value is -1.35. The third-order valence-corrected chi connectivity index (χ3v) is 6.54. The Kier molecular flexibility index (Phi) is 8.34. The molecule has 27 heavy (non-hydrogen) atoms. The van der Waals surface area contributed by atoms with Gasteiger partial charge in [0.05, 0.1) is 26.2 Å². The summed E-state index contributed by atoms with van der Waals surface area (Å²) in [7, 11) is 2.40. The Morgan fingerprint density at radius 3 is 2.70 bits per heavy atom. The molecule has 1 unspecified atom stereocenters. The Bertz CT molecular complexity index is 598. The molecular weight excluding hydrogens is 332 g/mol. The van der Waals surface area contributed by atoms with Gasteiger partial charge in [0.25, 0.3) is 0 Å². The minimum Gasteiger partial charge on any atom is -0.859 e. The second-order valence-electron chi connectivity index (χ2n) is 9.26. The van der Waals surface area contributed by atoms with E-state index in [1.165, 1.54) is 48.8 Å². The number of hydrogen-bond acceptors (Lipinski definition) is 2. The fraction of sp³-hybridized carbons (Fsp3) is 0.708. The predicted molar refractivity (Wildman–Crippen MR) is 115 cm³/mol. The predicted octanol–water partition coefficient (Wildman–Crippen LogP) is 4.65. The Morgan fingerprint density at radius 1 is 1.19 bits per heavy atom. The van der Waals surface area contributed by atoms with Crippen LogP contribution in [0, 0.1) is 11.8 Å². The van der Waals surface area contributed by atoms with Crippen molar-refractivity contribution in [2.24, 2.45) is 16.8 Å². The monoisotopic (exact) mass is 372 g/mol. The van der Waals surface area contributed by atoms with E-state index in [0.29, 0.717) is 18.4 Å². The molecule has 2 saturated heterocycles. The van der Waals surface area contributed by atoms with Gasteiger partial charge >= 0.3 is 0 Å². The molecule has 0 aromatic heterocycles. The van der Waals surface area contributed by atoms with Crippen LogP contribution in [0.5, 0.6) is 0 Å². The molecule has 2 rings (SSSR count). The Labute approximate surface area is 167 Å². The maximum atomic E-state index is 12.4. The average Bonchev–Trinajstić information content (AvgIpc) is 2.95. The van der Waals surface area contributed by atoms with Crippen molar-refractivity contribution < 1.29 is 9.59 Å². The number of fused-ring (bicyclic) bond motifs is 1. The van der Waals surface area contributed by atoms with Crippen molar-refractivity contribution in [2.75, 3.05) is 26.7 Å². The first-order chi connectivity index (χ1) is 12.8. The van der Waals surface area contributed by atoms with Gasteiger partial charge in [-0.1, -0.05) is 36.8 Å². The van der Waals surface area contributed by atoms with Crippen molar-refractivity contribution in [3.8, 4) is 0 Å². The normalized spacial score (nSPS) is 30.4. The maximum Gasteiger partial charge on any atom is 0.0936 e. The van der Waals surface area contributed by atoms with Gasteiger partial charge in [-0.3, -0.25) is 0 Å². The van der Waals surface area contributed by atoms with Gasteiger partial charge in [0.2, 0.25) is 0 Å². The van der Waals surface area contributed by atoms with Crippen molar-refractivity contribution in [1.82, 2.24) is 0 Å². The zero-order valence-electron chi connectivity index (χ0n) is 18.2. The fourth-order valence-corrected chi connectivity index (χ4v) is 4.71. The van der Waals surface area contributed by atoms with Crippen LogP contribution in [0.15, 0.2) is 40.4 Å². The van der Waals surface area contributed by atoms with Gasteiger partial charge in [0.1, 0.15) is 0 Å². The highest BCUT2D eigenvalue weighted by Crippen LogP contribution is 2.37. The summed E-state index contributed by atoms with van der Waals surface area (Å²) in [6, 6.07) is 0.723. The van der Waals surface area contributed by atoms with Crippen LogP contribution in [0.25, 0.3) is 0 Å². The molecule has 2 aliphatic rings. The molecule has 3 heteroatoms. The highest BCUT2D eigenvalue weighted by molar-refractivity contribution is 5.89. The summed E-state index contributed by atoms with van der Waals surface area (Å²) >= 11 is 0. The lowest BCUT2D eigenvalue weighted by Gasteiger charge is -2.41. The van der Waals surface area contributed by atoms with Gasteiger partial charge in [-0.05, 0) is 63.8 Å². The number of quaternary nitrogens is 1. The second-order valence-corrected chi connectivity index (χ2v) is 9.26. The Balaban J connectivity index is 1.83. The molecule has 0 radical (unpaired) electrons. The minimum absolute atomic E-state index is 0.0336. The van der Waals surface area contributed by atoms with E-state index in [0.717, 1.165) is 24.5 Å².